The zero-order valence-corrected chi connectivity index (χ0v) is 15.3. The molecular weight excluding hydrogens is 335 g/mol. The van der Waals surface area contributed by atoms with E-state index in [0.717, 1.165) is 42.6 Å². The molecule has 2 heterocycles. The second-order valence-electron chi connectivity index (χ2n) is 6.65. The molecule has 2 aromatic rings. The van der Waals surface area contributed by atoms with Crippen molar-refractivity contribution in [3.63, 3.8) is 0 Å². The number of rotatable bonds is 10. The summed E-state index contributed by atoms with van der Waals surface area (Å²) in [5, 5.41) is 12.5. The number of H-pyrrole nitrogens is 1. The first-order chi connectivity index (χ1) is 12.2. The summed E-state index contributed by atoms with van der Waals surface area (Å²) in [7, 11) is 2.56. The third kappa shape index (κ3) is 4.26. The quantitative estimate of drug-likeness (QED) is 0.381. The summed E-state index contributed by atoms with van der Waals surface area (Å²) in [5.74, 6) is 0.899. The van der Waals surface area contributed by atoms with Crippen molar-refractivity contribution in [2.24, 2.45) is 5.41 Å². The SMILES string of the molecule is N#CCCCC1(CN(CCNC=O)c2nc(P)nc3[nH]ccc23)CC1. The molecule has 25 heavy (non-hydrogen) atoms. The second-order valence-corrected chi connectivity index (χ2v) is 7.17. The number of hydrogen-bond donors (Lipinski definition) is 2. The summed E-state index contributed by atoms with van der Waals surface area (Å²) in [5.41, 5.74) is 1.73. The number of hydrogen-bond acceptors (Lipinski definition) is 5. The molecule has 0 aliphatic heterocycles. The molecule has 3 rings (SSSR count). The minimum absolute atomic E-state index is 0.270. The highest BCUT2D eigenvalue weighted by atomic mass is 31.0. The van der Waals surface area contributed by atoms with Crippen molar-refractivity contribution in [2.45, 2.75) is 32.1 Å². The van der Waals surface area contributed by atoms with Gasteiger partial charge in [0.2, 0.25) is 6.41 Å². The average Bonchev–Trinajstić information content (AvgIpc) is 3.19. The van der Waals surface area contributed by atoms with Gasteiger partial charge in [0.05, 0.1) is 11.5 Å². The second kappa shape index (κ2) is 7.79. The number of anilines is 1. The van der Waals surface area contributed by atoms with Crippen LogP contribution in [0.1, 0.15) is 32.1 Å². The smallest absolute Gasteiger partial charge is 0.207 e. The molecule has 0 bridgehead atoms. The summed E-state index contributed by atoms with van der Waals surface area (Å²) < 4.78 is 0. The van der Waals surface area contributed by atoms with Gasteiger partial charge in [-0.2, -0.15) is 5.26 Å². The first-order valence-electron chi connectivity index (χ1n) is 8.57. The fraction of sp³-hybridized carbons (Fsp3) is 0.529. The molecule has 1 aliphatic rings. The van der Waals surface area contributed by atoms with E-state index < -0.39 is 0 Å². The molecule has 0 saturated heterocycles. The Kier molecular flexibility index (Phi) is 5.50. The van der Waals surface area contributed by atoms with Crippen molar-refractivity contribution in [1.29, 1.82) is 5.26 Å². The number of aromatic nitrogens is 3. The Morgan fingerprint density at radius 2 is 2.32 bits per heavy atom. The maximum absolute atomic E-state index is 10.6. The Morgan fingerprint density at radius 1 is 1.48 bits per heavy atom. The fourth-order valence-electron chi connectivity index (χ4n) is 3.31. The van der Waals surface area contributed by atoms with Gasteiger partial charge in [-0.05, 0) is 37.2 Å². The van der Waals surface area contributed by atoms with Crippen LogP contribution in [0, 0.1) is 16.7 Å². The number of carbonyl (C=O) groups excluding carboxylic acids is 1. The Hall–Kier alpha value is -2.19. The molecule has 2 aromatic heterocycles. The standard InChI is InChI=1S/C17H23N6OP/c18-7-2-1-4-17(5-6-17)11-23(10-9-19-12-24)15-13-3-8-20-14(13)21-16(25)22-15/h3,8,12H,1-2,4-6,9-11,25H2,(H,19,24)(H,20,21,22). The molecule has 1 amide bonds. The van der Waals surface area contributed by atoms with Gasteiger partial charge in [0.15, 0.2) is 0 Å². The van der Waals surface area contributed by atoms with Crippen LogP contribution in [0.3, 0.4) is 0 Å². The van der Waals surface area contributed by atoms with Crippen LogP contribution in [0.15, 0.2) is 12.3 Å². The van der Waals surface area contributed by atoms with Crippen LogP contribution in [-0.4, -0.2) is 41.0 Å². The minimum atomic E-state index is 0.270. The third-order valence-corrected chi connectivity index (χ3v) is 5.06. The van der Waals surface area contributed by atoms with Crippen molar-refractivity contribution in [3.8, 4) is 6.07 Å². The molecule has 7 nitrogen and oxygen atoms in total. The van der Waals surface area contributed by atoms with E-state index in [2.05, 4.69) is 40.5 Å². The Morgan fingerprint density at radius 3 is 3.04 bits per heavy atom. The molecule has 1 aliphatic carbocycles. The first kappa shape index (κ1) is 17.6. The van der Waals surface area contributed by atoms with E-state index in [-0.39, 0.29) is 5.41 Å². The normalized spacial score (nSPS) is 14.9. The van der Waals surface area contributed by atoms with E-state index in [1.807, 2.05) is 12.3 Å². The van der Waals surface area contributed by atoms with E-state index in [1.165, 1.54) is 12.8 Å². The van der Waals surface area contributed by atoms with Crippen molar-refractivity contribution in [3.05, 3.63) is 12.3 Å². The summed E-state index contributed by atoms with van der Waals surface area (Å²) in [6, 6.07) is 4.22. The number of nitrogens with zero attached hydrogens (tertiary/aromatic N) is 4. The van der Waals surface area contributed by atoms with Gasteiger partial charge in [-0.15, -0.1) is 0 Å². The Balaban J connectivity index is 1.83. The van der Waals surface area contributed by atoms with E-state index in [4.69, 9.17) is 5.26 Å². The molecule has 1 atom stereocenters. The van der Waals surface area contributed by atoms with E-state index in [1.54, 1.807) is 0 Å². The fourth-order valence-corrected chi connectivity index (χ4v) is 3.56. The largest absolute Gasteiger partial charge is 0.357 e. The maximum Gasteiger partial charge on any atom is 0.207 e. The van der Waals surface area contributed by atoms with Gasteiger partial charge in [-0.3, -0.25) is 4.79 Å². The Bertz CT molecular complexity index is 779. The molecule has 0 aromatic carbocycles. The van der Waals surface area contributed by atoms with E-state index in [0.29, 0.717) is 25.1 Å². The van der Waals surface area contributed by atoms with Crippen LogP contribution in [-0.2, 0) is 4.79 Å². The highest BCUT2D eigenvalue weighted by Gasteiger charge is 2.43. The predicted molar refractivity (Wildman–Crippen MR) is 101 cm³/mol. The molecule has 1 unspecified atom stereocenters. The molecule has 132 valence electrons. The molecule has 1 saturated carbocycles. The molecule has 8 heteroatoms. The van der Waals surface area contributed by atoms with Crippen LogP contribution >= 0.6 is 9.24 Å². The predicted octanol–water partition coefficient (Wildman–Crippen LogP) is 1.48. The number of aromatic amines is 1. The summed E-state index contributed by atoms with van der Waals surface area (Å²) in [6.45, 7) is 2.15. The van der Waals surface area contributed by atoms with Crippen LogP contribution in [0.5, 0.6) is 0 Å². The number of unbranched alkanes of at least 4 members (excludes halogenated alkanes) is 1. The lowest BCUT2D eigenvalue weighted by atomic mass is 9.98. The van der Waals surface area contributed by atoms with Crippen molar-refractivity contribution in [2.75, 3.05) is 24.5 Å². The minimum Gasteiger partial charge on any atom is -0.357 e. The molecular formula is C17H23N6OP. The van der Waals surface area contributed by atoms with Crippen molar-refractivity contribution < 1.29 is 4.79 Å². The van der Waals surface area contributed by atoms with Crippen molar-refractivity contribution >= 4 is 38.1 Å². The molecule has 0 radical (unpaired) electrons. The van der Waals surface area contributed by atoms with Crippen LogP contribution < -0.4 is 15.8 Å². The maximum atomic E-state index is 10.6. The highest BCUT2D eigenvalue weighted by molar-refractivity contribution is 7.26. The monoisotopic (exact) mass is 358 g/mol. The summed E-state index contributed by atoms with van der Waals surface area (Å²) in [6.07, 6.45) is 7.58. The van der Waals surface area contributed by atoms with Gasteiger partial charge in [-0.1, -0.05) is 9.24 Å². The third-order valence-electron chi connectivity index (χ3n) is 4.80. The number of carbonyl (C=O) groups is 1. The van der Waals surface area contributed by atoms with E-state index in [9.17, 15) is 4.79 Å². The van der Waals surface area contributed by atoms with Gasteiger partial charge >= 0.3 is 0 Å². The number of fused-ring (bicyclic) bond motifs is 1. The van der Waals surface area contributed by atoms with Crippen molar-refractivity contribution in [1.82, 2.24) is 20.3 Å². The zero-order chi connectivity index (χ0) is 17.7. The number of nitriles is 1. The molecule has 1 fully saturated rings. The van der Waals surface area contributed by atoms with Gasteiger partial charge in [0.1, 0.15) is 17.0 Å². The molecule has 0 spiro atoms. The summed E-state index contributed by atoms with van der Waals surface area (Å²) >= 11 is 0. The number of nitrogens with one attached hydrogen (secondary N) is 2. The Labute approximate surface area is 149 Å². The van der Waals surface area contributed by atoms with Gasteiger partial charge in [0, 0.05) is 32.3 Å². The lowest BCUT2D eigenvalue weighted by molar-refractivity contribution is -0.109. The van der Waals surface area contributed by atoms with Gasteiger partial charge in [-0.25, -0.2) is 9.97 Å². The summed E-state index contributed by atoms with van der Waals surface area (Å²) in [4.78, 5) is 25.1. The van der Waals surface area contributed by atoms with Crippen LogP contribution in [0.25, 0.3) is 11.0 Å². The lowest BCUT2D eigenvalue weighted by Crippen LogP contribution is -2.37. The van der Waals surface area contributed by atoms with Gasteiger partial charge in [0.25, 0.3) is 0 Å². The number of amides is 1. The van der Waals surface area contributed by atoms with E-state index >= 15 is 0 Å². The van der Waals surface area contributed by atoms with Crippen LogP contribution in [0.4, 0.5) is 5.82 Å². The lowest BCUT2D eigenvalue weighted by Gasteiger charge is -2.29. The topological polar surface area (TPSA) is 97.7 Å². The van der Waals surface area contributed by atoms with Crippen LogP contribution in [0.2, 0.25) is 0 Å². The first-order valence-corrected chi connectivity index (χ1v) is 9.15. The van der Waals surface area contributed by atoms with Gasteiger partial charge < -0.3 is 15.2 Å². The zero-order valence-electron chi connectivity index (χ0n) is 14.2. The highest BCUT2D eigenvalue weighted by Crippen LogP contribution is 2.51. The molecule has 2 N–H and O–H groups in total. The average molecular weight is 358 g/mol.